The minimum Gasteiger partial charge on any atom is -0.332 e. The molecule has 0 bridgehead atoms. The summed E-state index contributed by atoms with van der Waals surface area (Å²) in [5.41, 5.74) is 6.04. The van der Waals surface area contributed by atoms with Crippen LogP contribution in [0.1, 0.15) is 37.2 Å². The first-order valence-corrected chi connectivity index (χ1v) is 8.47. The number of nitrogens with two attached hydrogens (primary N) is 1. The highest BCUT2D eigenvalue weighted by Crippen LogP contribution is 2.35. The molecule has 0 radical (unpaired) electrons. The Hall–Kier alpha value is -2.58. The van der Waals surface area contributed by atoms with E-state index in [2.05, 4.69) is 15.2 Å². The predicted molar refractivity (Wildman–Crippen MR) is 99.4 cm³/mol. The smallest absolute Gasteiger partial charge is 0.282 e. The zero-order chi connectivity index (χ0) is 18.3. The van der Waals surface area contributed by atoms with Crippen molar-refractivity contribution in [2.75, 3.05) is 0 Å². The number of para-hydroxylation sites is 1. The fraction of sp³-hybridized carbons (Fsp3) is 0.333. The second-order valence-electron chi connectivity index (χ2n) is 6.65. The normalized spacial score (nSPS) is 15.5. The minimum atomic E-state index is -0.628. The molecule has 7 nitrogen and oxygen atoms in total. The molecule has 27 heavy (non-hydrogen) atoms. The minimum absolute atomic E-state index is 0. The Morgan fingerprint density at radius 2 is 1.96 bits per heavy atom. The summed E-state index contributed by atoms with van der Waals surface area (Å²) < 4.78 is 20.8. The highest BCUT2D eigenvalue weighted by atomic mass is 35.5. The fourth-order valence-corrected chi connectivity index (χ4v) is 3.31. The molecule has 1 fully saturated rings. The molecule has 0 saturated heterocycles. The third-order valence-corrected chi connectivity index (χ3v) is 4.76. The molecular formula is C18H19ClFN5O2. The molecule has 1 saturated carbocycles. The highest BCUT2D eigenvalue weighted by Gasteiger charge is 2.36. The van der Waals surface area contributed by atoms with Crippen LogP contribution in [-0.4, -0.2) is 19.9 Å². The quantitative estimate of drug-likeness (QED) is 0.736. The molecule has 0 unspecified atom stereocenters. The maximum Gasteiger partial charge on any atom is 0.282 e. The molecule has 0 spiro atoms. The van der Waals surface area contributed by atoms with Crippen LogP contribution >= 0.6 is 12.4 Å². The monoisotopic (exact) mass is 391 g/mol. The zero-order valence-electron chi connectivity index (χ0n) is 14.7. The maximum atomic E-state index is 14.1. The van der Waals surface area contributed by atoms with E-state index in [1.54, 1.807) is 25.1 Å². The topological polar surface area (TPSA) is 99.8 Å². The second-order valence-corrected chi connectivity index (χ2v) is 6.65. The molecule has 3 aromatic rings. The van der Waals surface area contributed by atoms with Crippen LogP contribution in [0.5, 0.6) is 0 Å². The van der Waals surface area contributed by atoms with Crippen LogP contribution in [0.4, 0.5) is 4.39 Å². The van der Waals surface area contributed by atoms with Gasteiger partial charge in [-0.15, -0.1) is 12.4 Å². The van der Waals surface area contributed by atoms with E-state index in [1.807, 2.05) is 0 Å². The third-order valence-electron chi connectivity index (χ3n) is 4.76. The molecule has 2 N–H and O–H groups in total. The predicted octanol–water partition coefficient (Wildman–Crippen LogP) is 2.88. The van der Waals surface area contributed by atoms with Crippen molar-refractivity contribution in [3.63, 3.8) is 0 Å². The van der Waals surface area contributed by atoms with E-state index in [0.717, 1.165) is 25.7 Å². The van der Waals surface area contributed by atoms with Crippen LogP contribution in [-0.2, 0) is 5.54 Å². The number of aromatic nitrogens is 4. The average molecular weight is 392 g/mol. The van der Waals surface area contributed by atoms with E-state index in [9.17, 15) is 9.18 Å². The number of aryl methyl sites for hydroxylation is 1. The number of rotatable bonds is 3. The third kappa shape index (κ3) is 3.38. The second kappa shape index (κ2) is 7.21. The lowest BCUT2D eigenvalue weighted by Gasteiger charge is -2.17. The van der Waals surface area contributed by atoms with Gasteiger partial charge in [0.1, 0.15) is 11.5 Å². The van der Waals surface area contributed by atoms with Crippen molar-refractivity contribution in [3.05, 3.63) is 57.9 Å². The van der Waals surface area contributed by atoms with E-state index in [1.165, 1.54) is 16.8 Å². The van der Waals surface area contributed by atoms with Gasteiger partial charge in [-0.05, 0) is 31.9 Å². The summed E-state index contributed by atoms with van der Waals surface area (Å²) in [4.78, 5) is 16.7. The first-order chi connectivity index (χ1) is 12.5. The summed E-state index contributed by atoms with van der Waals surface area (Å²) in [7, 11) is 0. The Balaban J connectivity index is 0.00000210. The van der Waals surface area contributed by atoms with E-state index in [-0.39, 0.29) is 35.1 Å². The number of hydrogen-bond donors (Lipinski definition) is 1. The van der Waals surface area contributed by atoms with Crippen LogP contribution in [0.15, 0.2) is 39.6 Å². The Morgan fingerprint density at radius 3 is 2.67 bits per heavy atom. The van der Waals surface area contributed by atoms with E-state index in [4.69, 9.17) is 10.3 Å². The molecule has 9 heteroatoms. The summed E-state index contributed by atoms with van der Waals surface area (Å²) in [6.45, 7) is 1.68. The van der Waals surface area contributed by atoms with Crippen LogP contribution in [0.25, 0.3) is 17.3 Å². The van der Waals surface area contributed by atoms with Gasteiger partial charge in [-0.25, -0.2) is 9.07 Å². The number of halogens is 2. The SMILES string of the molecule is Cc1cc(=O)c(-c2nc(C3(N)CCCC3)no2)nn1-c1ccccc1F.Cl. The summed E-state index contributed by atoms with van der Waals surface area (Å²) in [5.74, 6) is -0.0770. The maximum absolute atomic E-state index is 14.1. The van der Waals surface area contributed by atoms with Crippen molar-refractivity contribution in [1.29, 1.82) is 0 Å². The average Bonchev–Trinajstić information content (AvgIpc) is 3.26. The van der Waals surface area contributed by atoms with Gasteiger partial charge in [0.2, 0.25) is 5.43 Å². The first-order valence-electron chi connectivity index (χ1n) is 8.47. The summed E-state index contributed by atoms with van der Waals surface area (Å²) in [6.07, 6.45) is 3.55. The Labute approximate surface area is 160 Å². The van der Waals surface area contributed by atoms with Gasteiger partial charge in [-0.2, -0.15) is 10.1 Å². The van der Waals surface area contributed by atoms with Gasteiger partial charge in [0.05, 0.1) is 5.54 Å². The summed E-state index contributed by atoms with van der Waals surface area (Å²) >= 11 is 0. The molecule has 2 heterocycles. The van der Waals surface area contributed by atoms with Crippen LogP contribution in [0, 0.1) is 12.7 Å². The summed E-state index contributed by atoms with van der Waals surface area (Å²) in [6, 6.07) is 7.56. The highest BCUT2D eigenvalue weighted by molar-refractivity contribution is 5.85. The fourth-order valence-electron chi connectivity index (χ4n) is 3.31. The van der Waals surface area contributed by atoms with Crippen molar-refractivity contribution in [3.8, 4) is 17.3 Å². The van der Waals surface area contributed by atoms with E-state index in [0.29, 0.717) is 11.5 Å². The van der Waals surface area contributed by atoms with Gasteiger partial charge in [0.25, 0.3) is 5.89 Å². The van der Waals surface area contributed by atoms with Gasteiger partial charge in [0.15, 0.2) is 11.5 Å². The van der Waals surface area contributed by atoms with Crippen LogP contribution in [0.2, 0.25) is 0 Å². The summed E-state index contributed by atoms with van der Waals surface area (Å²) in [5, 5.41) is 8.22. The van der Waals surface area contributed by atoms with Crippen molar-refractivity contribution in [2.24, 2.45) is 5.73 Å². The van der Waals surface area contributed by atoms with Gasteiger partial charge in [-0.3, -0.25) is 4.79 Å². The first kappa shape index (κ1) is 19.2. The van der Waals surface area contributed by atoms with Crippen molar-refractivity contribution in [2.45, 2.75) is 38.1 Å². The van der Waals surface area contributed by atoms with Gasteiger partial charge >= 0.3 is 0 Å². The number of benzene rings is 1. The van der Waals surface area contributed by atoms with Gasteiger partial charge in [-0.1, -0.05) is 30.1 Å². The molecule has 0 aliphatic heterocycles. The molecule has 0 amide bonds. The molecule has 1 aliphatic carbocycles. The lowest BCUT2D eigenvalue weighted by molar-refractivity contribution is 0.372. The van der Waals surface area contributed by atoms with Crippen LogP contribution < -0.4 is 11.2 Å². The standard InChI is InChI=1S/C18H18FN5O2.ClH/c1-11-10-14(25)15(22-24(11)13-7-3-2-6-12(13)19)16-21-17(23-26-16)18(20)8-4-5-9-18;/h2-3,6-7,10H,4-5,8-9,20H2,1H3;1H. The van der Waals surface area contributed by atoms with Crippen molar-refractivity contribution < 1.29 is 8.91 Å². The molecule has 1 aromatic carbocycles. The largest absolute Gasteiger partial charge is 0.332 e. The molecule has 2 aromatic heterocycles. The molecule has 1 aliphatic rings. The lowest BCUT2D eigenvalue weighted by atomic mass is 9.99. The lowest BCUT2D eigenvalue weighted by Crippen LogP contribution is -2.34. The van der Waals surface area contributed by atoms with Gasteiger partial charge in [0, 0.05) is 11.8 Å². The number of nitrogens with zero attached hydrogens (tertiary/aromatic N) is 4. The molecular weight excluding hydrogens is 373 g/mol. The molecule has 0 atom stereocenters. The molecule has 142 valence electrons. The van der Waals surface area contributed by atoms with E-state index < -0.39 is 11.4 Å². The zero-order valence-corrected chi connectivity index (χ0v) is 15.5. The molecule has 4 rings (SSSR count). The van der Waals surface area contributed by atoms with Crippen molar-refractivity contribution in [1.82, 2.24) is 19.9 Å². The van der Waals surface area contributed by atoms with Crippen molar-refractivity contribution >= 4 is 12.4 Å². The Bertz CT molecular complexity index is 1030. The Kier molecular flexibility index (Phi) is 5.12. The van der Waals surface area contributed by atoms with Gasteiger partial charge < -0.3 is 10.3 Å². The Morgan fingerprint density at radius 1 is 1.26 bits per heavy atom. The van der Waals surface area contributed by atoms with E-state index >= 15 is 0 Å². The van der Waals surface area contributed by atoms with Crippen LogP contribution in [0.3, 0.4) is 0 Å². The number of hydrogen-bond acceptors (Lipinski definition) is 6.